The summed E-state index contributed by atoms with van der Waals surface area (Å²) in [6.07, 6.45) is -34.6. The largest absolute Gasteiger partial charge is 0.508 e. The summed E-state index contributed by atoms with van der Waals surface area (Å²) in [6.45, 7) is -0.837. The first-order chi connectivity index (χ1) is 30.3. The molecular formula is C39H50O25. The summed E-state index contributed by atoms with van der Waals surface area (Å²) >= 11 is 0. The first-order valence-electron chi connectivity index (χ1n) is 19.9. The molecule has 3 aromatic rings. The van der Waals surface area contributed by atoms with Crippen LogP contribution in [-0.4, -0.2) is 219 Å². The van der Waals surface area contributed by atoms with Crippen molar-refractivity contribution < 1.29 is 119 Å². The Hall–Kier alpha value is -3.91. The van der Waals surface area contributed by atoms with Crippen molar-refractivity contribution in [3.8, 4) is 34.3 Å². The number of aliphatic hydroxyl groups is 13. The fourth-order valence-corrected chi connectivity index (χ4v) is 7.52. The van der Waals surface area contributed by atoms with Crippen molar-refractivity contribution in [2.24, 2.45) is 0 Å². The number of fused-ring (bicyclic) bond motifs is 1. The van der Waals surface area contributed by atoms with E-state index in [1.54, 1.807) is 0 Å². The van der Waals surface area contributed by atoms with E-state index in [-0.39, 0.29) is 28.4 Å². The second kappa shape index (κ2) is 19.5. The summed E-state index contributed by atoms with van der Waals surface area (Å²) in [5.41, 5.74) is -1.34. The topological polar surface area (TPSA) is 408 Å². The number of benzene rings is 2. The van der Waals surface area contributed by atoms with Gasteiger partial charge in [-0.3, -0.25) is 4.79 Å². The minimum atomic E-state index is -2.09. The molecular weight excluding hydrogens is 868 g/mol. The molecule has 2 aromatic carbocycles. The van der Waals surface area contributed by atoms with Crippen molar-refractivity contribution in [1.29, 1.82) is 0 Å². The van der Waals surface area contributed by atoms with Crippen molar-refractivity contribution >= 4 is 11.0 Å². The monoisotopic (exact) mass is 918 g/mol. The molecule has 4 aliphatic heterocycles. The van der Waals surface area contributed by atoms with Crippen LogP contribution in [0.2, 0.25) is 0 Å². The first kappa shape index (κ1) is 48.0. The molecule has 4 aliphatic rings. The molecule has 1 aromatic heterocycles. The highest BCUT2D eigenvalue weighted by Crippen LogP contribution is 2.39. The molecule has 0 saturated carbocycles. The quantitative estimate of drug-likeness (QED) is 0.0804. The maximum Gasteiger partial charge on any atom is 0.239 e. The van der Waals surface area contributed by atoms with Crippen LogP contribution in [0.25, 0.3) is 22.3 Å². The van der Waals surface area contributed by atoms with Crippen LogP contribution in [0.3, 0.4) is 0 Å². The number of phenolic OH excluding ortho intramolecular Hbond substituents is 2. The summed E-state index contributed by atoms with van der Waals surface area (Å²) in [6, 6.07) is 7.15. The number of rotatable bonds is 12. The number of aromatic hydroxyl groups is 2. The van der Waals surface area contributed by atoms with Crippen LogP contribution in [0.5, 0.6) is 23.0 Å². The Morgan fingerprint density at radius 3 is 1.56 bits per heavy atom. The Morgan fingerprint density at radius 1 is 0.547 bits per heavy atom. The molecule has 0 bridgehead atoms. The smallest absolute Gasteiger partial charge is 0.239 e. The third-order valence-electron chi connectivity index (χ3n) is 11.4. The van der Waals surface area contributed by atoms with E-state index in [0.29, 0.717) is 0 Å². The standard InChI is InChI=1S/C39H50O25/c1-11-21(43)26(48)32(54)38(58-11)59-14-6-15(42)20-16(7-14)60-34(12-2-4-13(41)5-3-12)35(25(20)47)64-39-33(55)29(51)24(46)19(63-39)10-57-37-31(53)28(50)23(45)18(62-37)9-56-36-30(52)27(49)22(44)17(8-40)61-36/h2-7,11,17-19,21-24,26-33,36-46,48-55H,8-10H2,1H3. The van der Waals surface area contributed by atoms with Crippen LogP contribution < -0.4 is 14.9 Å². The van der Waals surface area contributed by atoms with Crippen LogP contribution in [0.15, 0.2) is 45.6 Å². The molecule has 4 fully saturated rings. The van der Waals surface area contributed by atoms with E-state index in [1.807, 2.05) is 0 Å². The zero-order valence-corrected chi connectivity index (χ0v) is 33.4. The number of ether oxygens (including phenoxy) is 8. The van der Waals surface area contributed by atoms with Gasteiger partial charge in [0, 0.05) is 17.7 Å². The lowest BCUT2D eigenvalue weighted by Gasteiger charge is -2.43. The Kier molecular flexibility index (Phi) is 14.6. The van der Waals surface area contributed by atoms with Gasteiger partial charge in [0.25, 0.3) is 0 Å². The molecule has 7 rings (SSSR count). The summed E-state index contributed by atoms with van der Waals surface area (Å²) < 4.78 is 50.6. The summed E-state index contributed by atoms with van der Waals surface area (Å²) in [5, 5.41) is 156. The average molecular weight is 919 g/mol. The highest BCUT2D eigenvalue weighted by Gasteiger charge is 2.50. The van der Waals surface area contributed by atoms with Crippen LogP contribution >= 0.6 is 0 Å². The number of phenols is 2. The third kappa shape index (κ3) is 9.38. The Balaban J connectivity index is 1.10. The maximum atomic E-state index is 14.2. The van der Waals surface area contributed by atoms with E-state index in [0.717, 1.165) is 12.1 Å². The molecule has 5 heterocycles. The van der Waals surface area contributed by atoms with E-state index in [4.69, 9.17) is 42.3 Å². The van der Waals surface area contributed by atoms with E-state index in [9.17, 15) is 81.4 Å². The molecule has 0 aliphatic carbocycles. The molecule has 25 nitrogen and oxygen atoms in total. The van der Waals surface area contributed by atoms with Crippen molar-refractivity contribution in [3.05, 3.63) is 46.6 Å². The normalized spacial score (nSPS) is 40.6. The number of aliphatic hydroxyl groups excluding tert-OH is 13. The second-order valence-electron chi connectivity index (χ2n) is 15.8. The molecule has 356 valence electrons. The molecule has 15 N–H and O–H groups in total. The van der Waals surface area contributed by atoms with Gasteiger partial charge in [0.1, 0.15) is 120 Å². The molecule has 0 radical (unpaired) electrons. The zero-order valence-electron chi connectivity index (χ0n) is 33.4. The van der Waals surface area contributed by atoms with E-state index >= 15 is 0 Å². The summed E-state index contributed by atoms with van der Waals surface area (Å²) in [5.74, 6) is -2.29. The maximum absolute atomic E-state index is 14.2. The van der Waals surface area contributed by atoms with Gasteiger partial charge in [-0.2, -0.15) is 0 Å². The van der Waals surface area contributed by atoms with Gasteiger partial charge >= 0.3 is 0 Å². The van der Waals surface area contributed by atoms with E-state index in [2.05, 4.69) is 0 Å². The average Bonchev–Trinajstić information content (AvgIpc) is 3.27. The fourth-order valence-electron chi connectivity index (χ4n) is 7.52. The predicted molar refractivity (Wildman–Crippen MR) is 204 cm³/mol. The SMILES string of the molecule is CC1OC(Oc2cc(O)c3c(=O)c(OC4OC(COC5OC(COC6OC(CO)C(O)C(O)C6O)C(O)C(O)C5O)C(O)C(O)C4O)c(-c4ccc(O)cc4)oc3c2)C(O)C(O)C1O. The predicted octanol–water partition coefficient (Wildman–Crippen LogP) is -6.10. The molecule has 0 spiro atoms. The lowest BCUT2D eigenvalue weighted by Crippen LogP contribution is -2.63. The van der Waals surface area contributed by atoms with Crippen molar-refractivity contribution in [2.45, 2.75) is 130 Å². The van der Waals surface area contributed by atoms with Crippen molar-refractivity contribution in [3.63, 3.8) is 0 Å². The molecule has 0 amide bonds. The van der Waals surface area contributed by atoms with Crippen LogP contribution in [-0.2, 0) is 28.4 Å². The molecule has 4 saturated heterocycles. The van der Waals surface area contributed by atoms with Crippen LogP contribution in [0, 0.1) is 0 Å². The van der Waals surface area contributed by atoms with Gasteiger partial charge < -0.3 is 119 Å². The van der Waals surface area contributed by atoms with Crippen molar-refractivity contribution in [2.75, 3.05) is 19.8 Å². The van der Waals surface area contributed by atoms with Gasteiger partial charge in [-0.25, -0.2) is 0 Å². The lowest BCUT2D eigenvalue weighted by atomic mass is 9.98. The van der Waals surface area contributed by atoms with Gasteiger partial charge in [-0.1, -0.05) is 0 Å². The minimum absolute atomic E-state index is 0.0783. The molecule has 20 unspecified atom stereocenters. The first-order valence-corrected chi connectivity index (χ1v) is 19.9. The Labute approximate surface area is 360 Å². The third-order valence-corrected chi connectivity index (χ3v) is 11.4. The number of hydrogen-bond acceptors (Lipinski definition) is 25. The Morgan fingerprint density at radius 2 is 1.02 bits per heavy atom. The van der Waals surface area contributed by atoms with Gasteiger partial charge in [-0.05, 0) is 31.2 Å². The van der Waals surface area contributed by atoms with Gasteiger partial charge in [0.2, 0.25) is 23.8 Å². The van der Waals surface area contributed by atoms with Crippen LogP contribution in [0.1, 0.15) is 6.92 Å². The highest BCUT2D eigenvalue weighted by atomic mass is 16.7. The van der Waals surface area contributed by atoms with E-state index < -0.39 is 165 Å². The fraction of sp³-hybridized carbons (Fsp3) is 0.615. The highest BCUT2D eigenvalue weighted by molar-refractivity contribution is 5.88. The Bertz CT molecular complexity index is 2100. The minimum Gasteiger partial charge on any atom is -0.508 e. The summed E-state index contributed by atoms with van der Waals surface area (Å²) in [4.78, 5) is 14.2. The lowest BCUT2D eigenvalue weighted by molar-refractivity contribution is -0.339. The van der Waals surface area contributed by atoms with Gasteiger partial charge in [0.05, 0.1) is 25.9 Å². The van der Waals surface area contributed by atoms with Gasteiger partial charge in [-0.15, -0.1) is 0 Å². The van der Waals surface area contributed by atoms with Gasteiger partial charge in [0.15, 0.2) is 18.3 Å². The van der Waals surface area contributed by atoms with E-state index in [1.165, 1.54) is 31.2 Å². The molecule has 25 heteroatoms. The summed E-state index contributed by atoms with van der Waals surface area (Å²) in [7, 11) is 0. The van der Waals surface area contributed by atoms with Crippen LogP contribution in [0.4, 0.5) is 0 Å². The van der Waals surface area contributed by atoms with Crippen molar-refractivity contribution in [1.82, 2.24) is 0 Å². The second-order valence-corrected chi connectivity index (χ2v) is 15.8. The molecule has 20 atom stereocenters. The zero-order chi connectivity index (χ0) is 46.5. The molecule has 64 heavy (non-hydrogen) atoms. The number of hydrogen-bond donors (Lipinski definition) is 15.